The largest absolute Gasteiger partial charge is 0.395 e. The Kier molecular flexibility index (Phi) is 4.24. The Morgan fingerprint density at radius 3 is 3.06 bits per heavy atom. The summed E-state index contributed by atoms with van der Waals surface area (Å²) in [6, 6.07) is 2.01. The van der Waals surface area contributed by atoms with Crippen LogP contribution in [0, 0.1) is 0 Å². The molecule has 1 amide bonds. The summed E-state index contributed by atoms with van der Waals surface area (Å²) in [7, 11) is 0. The van der Waals surface area contributed by atoms with E-state index < -0.39 is 0 Å². The molecule has 0 saturated carbocycles. The van der Waals surface area contributed by atoms with Crippen LogP contribution in [0.15, 0.2) is 22.2 Å². The van der Waals surface area contributed by atoms with Crippen molar-refractivity contribution in [3.05, 3.63) is 27.9 Å². The fourth-order valence-electron chi connectivity index (χ4n) is 1.33. The minimum atomic E-state index is -0.110. The molecule has 0 atom stereocenters. The smallest absolute Gasteiger partial charge is 0.226 e. The van der Waals surface area contributed by atoms with Crippen LogP contribution in [0.2, 0.25) is 0 Å². The Hall–Kier alpha value is -1.24. The molecule has 0 aromatic carbocycles. The van der Waals surface area contributed by atoms with Crippen molar-refractivity contribution in [3.8, 4) is 10.6 Å². The molecular weight excluding hydrogens is 256 g/mol. The van der Waals surface area contributed by atoms with Crippen molar-refractivity contribution in [2.24, 2.45) is 0 Å². The second kappa shape index (κ2) is 5.90. The lowest BCUT2D eigenvalue weighted by Gasteiger charge is -2.00. The molecule has 17 heavy (non-hydrogen) atoms. The van der Waals surface area contributed by atoms with Crippen LogP contribution in [0.3, 0.4) is 0 Å². The fourth-order valence-corrected chi connectivity index (χ4v) is 2.86. The first-order valence-electron chi connectivity index (χ1n) is 5.14. The van der Waals surface area contributed by atoms with Gasteiger partial charge in [-0.1, -0.05) is 0 Å². The monoisotopic (exact) mass is 268 g/mol. The predicted molar refractivity (Wildman–Crippen MR) is 69.2 cm³/mol. The maximum Gasteiger partial charge on any atom is 0.226 e. The number of aromatic nitrogens is 1. The van der Waals surface area contributed by atoms with Crippen LogP contribution >= 0.6 is 22.7 Å². The van der Waals surface area contributed by atoms with Crippen molar-refractivity contribution in [2.75, 3.05) is 13.2 Å². The second-order valence-electron chi connectivity index (χ2n) is 3.41. The van der Waals surface area contributed by atoms with Gasteiger partial charge in [-0.25, -0.2) is 4.98 Å². The summed E-state index contributed by atoms with van der Waals surface area (Å²) in [5.74, 6) is -0.110. The van der Waals surface area contributed by atoms with Crippen LogP contribution in [0.1, 0.15) is 5.69 Å². The molecule has 2 aromatic rings. The van der Waals surface area contributed by atoms with Gasteiger partial charge in [-0.15, -0.1) is 11.3 Å². The van der Waals surface area contributed by atoms with Crippen molar-refractivity contribution in [1.82, 2.24) is 10.3 Å². The number of rotatable bonds is 5. The molecule has 2 rings (SSSR count). The van der Waals surface area contributed by atoms with Crippen molar-refractivity contribution in [3.63, 3.8) is 0 Å². The summed E-state index contributed by atoms with van der Waals surface area (Å²) in [5, 5.41) is 18.1. The van der Waals surface area contributed by atoms with E-state index in [0.29, 0.717) is 6.54 Å². The van der Waals surface area contributed by atoms with E-state index in [1.165, 1.54) is 11.3 Å². The van der Waals surface area contributed by atoms with E-state index in [0.717, 1.165) is 16.3 Å². The minimum Gasteiger partial charge on any atom is -0.395 e. The lowest BCUT2D eigenvalue weighted by atomic mass is 10.3. The number of carbonyl (C=O) groups excluding carboxylic acids is 1. The molecule has 0 spiro atoms. The van der Waals surface area contributed by atoms with Crippen LogP contribution in [-0.4, -0.2) is 29.1 Å². The molecule has 0 fully saturated rings. The van der Waals surface area contributed by atoms with E-state index >= 15 is 0 Å². The number of nitrogens with one attached hydrogen (secondary N) is 1. The molecule has 0 aliphatic heterocycles. The molecule has 2 aromatic heterocycles. The second-order valence-corrected chi connectivity index (χ2v) is 5.04. The lowest BCUT2D eigenvalue weighted by Crippen LogP contribution is -2.27. The summed E-state index contributed by atoms with van der Waals surface area (Å²) in [6.07, 6.45) is 0.265. The first-order valence-corrected chi connectivity index (χ1v) is 6.96. The van der Waals surface area contributed by atoms with Gasteiger partial charge in [0.1, 0.15) is 5.01 Å². The SMILES string of the molecule is O=C(Cc1csc(-c2ccsc2)n1)NCCO. The number of thiazole rings is 1. The molecule has 0 radical (unpaired) electrons. The average Bonchev–Trinajstić information content (AvgIpc) is 2.95. The van der Waals surface area contributed by atoms with Gasteiger partial charge >= 0.3 is 0 Å². The van der Waals surface area contributed by atoms with Gasteiger partial charge in [-0.3, -0.25) is 4.79 Å². The van der Waals surface area contributed by atoms with Gasteiger partial charge in [0.2, 0.25) is 5.91 Å². The summed E-state index contributed by atoms with van der Waals surface area (Å²) in [4.78, 5) is 15.8. The van der Waals surface area contributed by atoms with Gasteiger partial charge < -0.3 is 10.4 Å². The third kappa shape index (κ3) is 3.36. The molecule has 0 aliphatic rings. The number of carbonyl (C=O) groups is 1. The zero-order valence-electron chi connectivity index (χ0n) is 9.05. The first-order chi connectivity index (χ1) is 8.29. The Morgan fingerprint density at radius 2 is 2.35 bits per heavy atom. The summed E-state index contributed by atoms with van der Waals surface area (Å²) in [5.41, 5.74) is 1.87. The molecule has 4 nitrogen and oxygen atoms in total. The zero-order valence-corrected chi connectivity index (χ0v) is 10.7. The highest BCUT2D eigenvalue weighted by Crippen LogP contribution is 2.25. The van der Waals surface area contributed by atoms with Crippen LogP contribution in [0.25, 0.3) is 10.6 Å². The van der Waals surface area contributed by atoms with Gasteiger partial charge in [0.05, 0.1) is 18.7 Å². The van der Waals surface area contributed by atoms with Crippen LogP contribution in [0.4, 0.5) is 0 Å². The number of aliphatic hydroxyl groups is 1. The summed E-state index contributed by atoms with van der Waals surface area (Å²) >= 11 is 3.17. The standard InChI is InChI=1S/C11H12N2O2S2/c14-3-2-12-10(15)5-9-7-17-11(13-9)8-1-4-16-6-8/h1,4,6-7,14H,2-3,5H2,(H,12,15). The van der Waals surface area contributed by atoms with Crippen LogP contribution in [-0.2, 0) is 11.2 Å². The van der Waals surface area contributed by atoms with E-state index in [1.807, 2.05) is 22.2 Å². The quantitative estimate of drug-likeness (QED) is 0.864. The van der Waals surface area contributed by atoms with E-state index in [2.05, 4.69) is 10.3 Å². The highest BCUT2D eigenvalue weighted by molar-refractivity contribution is 7.14. The molecular formula is C11H12N2O2S2. The average molecular weight is 268 g/mol. The maximum absolute atomic E-state index is 11.4. The Morgan fingerprint density at radius 1 is 1.47 bits per heavy atom. The minimum absolute atomic E-state index is 0.0387. The van der Waals surface area contributed by atoms with E-state index in [9.17, 15) is 4.79 Å². The molecule has 6 heteroatoms. The van der Waals surface area contributed by atoms with Crippen LogP contribution in [0.5, 0.6) is 0 Å². The molecule has 2 heterocycles. The lowest BCUT2D eigenvalue weighted by molar-refractivity contribution is -0.120. The maximum atomic E-state index is 11.4. The van der Waals surface area contributed by atoms with Crippen LogP contribution < -0.4 is 5.32 Å². The molecule has 90 valence electrons. The first kappa shape index (κ1) is 12.2. The Bertz CT molecular complexity index is 479. The summed E-state index contributed by atoms with van der Waals surface area (Å²) in [6.45, 7) is 0.253. The number of aliphatic hydroxyl groups excluding tert-OH is 1. The number of thiophene rings is 1. The van der Waals surface area contributed by atoms with Crippen molar-refractivity contribution in [2.45, 2.75) is 6.42 Å². The number of nitrogens with zero attached hydrogens (tertiary/aromatic N) is 1. The third-order valence-corrected chi connectivity index (χ3v) is 3.72. The molecule has 0 aliphatic carbocycles. The topological polar surface area (TPSA) is 62.2 Å². The fraction of sp³-hybridized carbons (Fsp3) is 0.273. The van der Waals surface area contributed by atoms with E-state index in [1.54, 1.807) is 11.3 Å². The van der Waals surface area contributed by atoms with Crippen molar-refractivity contribution in [1.29, 1.82) is 0 Å². The van der Waals surface area contributed by atoms with Gasteiger partial charge in [0.25, 0.3) is 0 Å². The highest BCUT2D eigenvalue weighted by atomic mass is 32.1. The zero-order chi connectivity index (χ0) is 12.1. The van der Waals surface area contributed by atoms with Crippen molar-refractivity contribution >= 4 is 28.6 Å². The molecule has 2 N–H and O–H groups in total. The normalized spacial score (nSPS) is 10.4. The predicted octanol–water partition coefficient (Wildman–Crippen LogP) is 1.52. The Balaban J connectivity index is 1.97. The molecule has 0 saturated heterocycles. The Labute approximate surface area is 107 Å². The number of amides is 1. The number of hydrogen-bond acceptors (Lipinski definition) is 5. The van der Waals surface area contributed by atoms with Gasteiger partial charge in [0.15, 0.2) is 0 Å². The van der Waals surface area contributed by atoms with E-state index in [-0.39, 0.29) is 18.9 Å². The highest BCUT2D eigenvalue weighted by Gasteiger charge is 2.08. The number of hydrogen-bond donors (Lipinski definition) is 2. The molecule has 0 bridgehead atoms. The summed E-state index contributed by atoms with van der Waals surface area (Å²) < 4.78 is 0. The van der Waals surface area contributed by atoms with Crippen molar-refractivity contribution < 1.29 is 9.90 Å². The van der Waals surface area contributed by atoms with Gasteiger partial charge in [0, 0.05) is 22.9 Å². The van der Waals surface area contributed by atoms with Gasteiger partial charge in [-0.2, -0.15) is 11.3 Å². The van der Waals surface area contributed by atoms with E-state index in [4.69, 9.17) is 5.11 Å². The third-order valence-electron chi connectivity index (χ3n) is 2.10. The van der Waals surface area contributed by atoms with Gasteiger partial charge in [-0.05, 0) is 11.4 Å². The molecule has 0 unspecified atom stereocenters.